The SMILES string of the molecule is O=C(CN([C@H]1CCN(C(=O)c2cc(C(F)(F)F)cc(C(F)(F)F)c2)C(Cc2ccccc2)C1)[C@@H](C(=O)O)C1CCCCC1)OC1CCCCC1. The Bertz CT molecular complexity index is 1440. The Kier molecular flexibility index (Phi) is 12.2. The van der Waals surface area contributed by atoms with E-state index in [1.807, 2.05) is 0 Å². The summed E-state index contributed by atoms with van der Waals surface area (Å²) in [5, 5.41) is 10.6. The first-order valence-corrected chi connectivity index (χ1v) is 17.5. The number of hydrogen-bond acceptors (Lipinski definition) is 5. The minimum atomic E-state index is -5.12. The molecule has 2 aliphatic carbocycles. The molecule has 1 aliphatic heterocycles. The van der Waals surface area contributed by atoms with Crippen LogP contribution in [0.1, 0.15) is 104 Å². The average Bonchev–Trinajstić information content (AvgIpc) is 3.08. The number of benzene rings is 2. The highest BCUT2D eigenvalue weighted by molar-refractivity contribution is 5.95. The number of nitrogens with zero attached hydrogens (tertiary/aromatic N) is 2. The number of carboxylic acids is 1. The van der Waals surface area contributed by atoms with Gasteiger partial charge in [0.1, 0.15) is 12.1 Å². The van der Waals surface area contributed by atoms with Crippen LogP contribution < -0.4 is 0 Å². The van der Waals surface area contributed by atoms with Gasteiger partial charge in [-0.3, -0.25) is 19.3 Å². The number of rotatable bonds is 10. The van der Waals surface area contributed by atoms with Crippen molar-refractivity contribution in [3.8, 4) is 0 Å². The quantitative estimate of drug-likeness (QED) is 0.198. The maximum absolute atomic E-state index is 13.9. The van der Waals surface area contributed by atoms with Gasteiger partial charge in [-0.05, 0) is 87.5 Å². The predicted octanol–water partition coefficient (Wildman–Crippen LogP) is 8.15. The lowest BCUT2D eigenvalue weighted by atomic mass is 9.81. The number of piperidine rings is 1. The molecule has 0 aromatic heterocycles. The molecule has 13 heteroatoms. The molecule has 3 atom stereocenters. The molecule has 3 fully saturated rings. The molecule has 2 saturated carbocycles. The smallest absolute Gasteiger partial charge is 0.416 e. The molecule has 0 spiro atoms. The van der Waals surface area contributed by atoms with Crippen molar-refractivity contribution in [3.63, 3.8) is 0 Å². The van der Waals surface area contributed by atoms with E-state index >= 15 is 0 Å². The van der Waals surface area contributed by atoms with Crippen LogP contribution in [0.5, 0.6) is 0 Å². The van der Waals surface area contributed by atoms with Crippen molar-refractivity contribution < 1.29 is 50.6 Å². The Morgan fingerprint density at radius 3 is 1.96 bits per heavy atom. The number of esters is 1. The zero-order chi connectivity index (χ0) is 36.1. The first kappa shape index (κ1) is 37.6. The van der Waals surface area contributed by atoms with Gasteiger partial charge in [0.05, 0.1) is 17.7 Å². The van der Waals surface area contributed by atoms with Crippen molar-refractivity contribution in [2.24, 2.45) is 5.92 Å². The maximum Gasteiger partial charge on any atom is 0.416 e. The normalized spacial score (nSPS) is 21.9. The lowest BCUT2D eigenvalue weighted by Gasteiger charge is -2.46. The van der Waals surface area contributed by atoms with E-state index in [4.69, 9.17) is 4.74 Å². The largest absolute Gasteiger partial charge is 0.480 e. The van der Waals surface area contributed by atoms with Crippen LogP contribution in [0.4, 0.5) is 26.3 Å². The molecule has 1 amide bonds. The van der Waals surface area contributed by atoms with E-state index in [1.54, 1.807) is 35.2 Å². The van der Waals surface area contributed by atoms with E-state index in [0.717, 1.165) is 56.9 Å². The summed E-state index contributed by atoms with van der Waals surface area (Å²) in [5.74, 6) is -2.79. The number of carboxylic acid groups (broad SMARTS) is 1. The Hall–Kier alpha value is -3.61. The van der Waals surface area contributed by atoms with E-state index in [-0.39, 0.29) is 50.4 Å². The monoisotopic (exact) mass is 710 g/mol. The second kappa shape index (κ2) is 16.2. The number of alkyl halides is 6. The van der Waals surface area contributed by atoms with Crippen LogP contribution in [0.15, 0.2) is 48.5 Å². The second-order valence-corrected chi connectivity index (χ2v) is 13.9. The van der Waals surface area contributed by atoms with E-state index in [0.29, 0.717) is 25.0 Å². The molecular weight excluding hydrogens is 666 g/mol. The number of amides is 1. The van der Waals surface area contributed by atoms with Crippen LogP contribution in [0.2, 0.25) is 0 Å². The summed E-state index contributed by atoms with van der Waals surface area (Å²) in [6.07, 6.45) is -1.50. The Morgan fingerprint density at radius 1 is 0.820 bits per heavy atom. The molecular formula is C37H44F6N2O5. The highest BCUT2D eigenvalue weighted by Crippen LogP contribution is 2.38. The van der Waals surface area contributed by atoms with Gasteiger partial charge in [0, 0.05) is 24.2 Å². The van der Waals surface area contributed by atoms with Crippen molar-refractivity contribution in [1.29, 1.82) is 0 Å². The number of likely N-dealkylation sites (tertiary alicyclic amines) is 1. The van der Waals surface area contributed by atoms with Crippen LogP contribution in [0.3, 0.4) is 0 Å². The van der Waals surface area contributed by atoms with Gasteiger partial charge in [-0.2, -0.15) is 26.3 Å². The average molecular weight is 711 g/mol. The molecule has 1 N–H and O–H groups in total. The van der Waals surface area contributed by atoms with Crippen LogP contribution >= 0.6 is 0 Å². The standard InChI is InChI=1S/C37H44F6N2O5/c38-36(39,40)27-19-26(20-28(21-27)37(41,42)43)34(47)44-17-16-29(22-30(44)18-24-10-4-1-5-11-24)45(23-32(46)50-31-14-8-3-9-15-31)33(35(48)49)25-12-6-2-7-13-25/h1,4-5,10-11,19-21,25,29-31,33H,2-3,6-9,12-18,22-23H2,(H,48,49)/t29-,30?,33+/m0/s1. The van der Waals surface area contributed by atoms with Crippen molar-refractivity contribution in [3.05, 3.63) is 70.8 Å². The van der Waals surface area contributed by atoms with E-state index in [1.165, 1.54) is 4.90 Å². The predicted molar refractivity (Wildman–Crippen MR) is 172 cm³/mol. The molecule has 7 nitrogen and oxygen atoms in total. The van der Waals surface area contributed by atoms with E-state index in [2.05, 4.69) is 0 Å². The summed E-state index contributed by atoms with van der Waals surface area (Å²) >= 11 is 0. The summed E-state index contributed by atoms with van der Waals surface area (Å²) < 4.78 is 88.1. The second-order valence-electron chi connectivity index (χ2n) is 13.9. The third-order valence-corrected chi connectivity index (χ3v) is 10.4. The summed E-state index contributed by atoms with van der Waals surface area (Å²) in [6, 6.07) is 7.59. The maximum atomic E-state index is 13.9. The van der Waals surface area contributed by atoms with Gasteiger partial charge >= 0.3 is 24.3 Å². The number of carbonyl (C=O) groups is 3. The van der Waals surface area contributed by atoms with Gasteiger partial charge in [0.2, 0.25) is 0 Å². The van der Waals surface area contributed by atoms with Crippen molar-refractivity contribution in [1.82, 2.24) is 9.80 Å². The van der Waals surface area contributed by atoms with Gasteiger partial charge in [-0.25, -0.2) is 0 Å². The number of hydrogen-bond donors (Lipinski definition) is 1. The molecule has 274 valence electrons. The lowest BCUT2D eigenvalue weighted by molar-refractivity contribution is -0.158. The third-order valence-electron chi connectivity index (χ3n) is 10.4. The summed E-state index contributed by atoms with van der Waals surface area (Å²) in [4.78, 5) is 43.3. The highest BCUT2D eigenvalue weighted by atomic mass is 19.4. The Labute approximate surface area is 287 Å². The first-order chi connectivity index (χ1) is 23.7. The fraction of sp³-hybridized carbons (Fsp3) is 0.595. The fourth-order valence-electron chi connectivity index (χ4n) is 8.00. The number of carbonyl (C=O) groups excluding carboxylic acids is 2. The zero-order valence-corrected chi connectivity index (χ0v) is 27.9. The van der Waals surface area contributed by atoms with Crippen LogP contribution in [0, 0.1) is 5.92 Å². The van der Waals surface area contributed by atoms with Crippen LogP contribution in [-0.4, -0.2) is 70.1 Å². The van der Waals surface area contributed by atoms with Gasteiger partial charge in [-0.15, -0.1) is 0 Å². The molecule has 2 aromatic rings. The molecule has 0 bridgehead atoms. The topological polar surface area (TPSA) is 87.2 Å². The van der Waals surface area contributed by atoms with Gasteiger partial charge in [-0.1, -0.05) is 56.0 Å². The van der Waals surface area contributed by atoms with Crippen LogP contribution in [-0.2, 0) is 33.1 Å². The lowest BCUT2D eigenvalue weighted by Crippen LogP contribution is -2.59. The molecule has 3 aliphatic rings. The number of aliphatic carboxylic acids is 1. The zero-order valence-electron chi connectivity index (χ0n) is 27.9. The van der Waals surface area contributed by atoms with Crippen molar-refractivity contribution in [2.75, 3.05) is 13.1 Å². The summed E-state index contributed by atoms with van der Waals surface area (Å²) in [5.41, 5.74) is -3.11. The Balaban J connectivity index is 1.48. The van der Waals surface area contributed by atoms with Crippen molar-refractivity contribution >= 4 is 17.8 Å². The summed E-state index contributed by atoms with van der Waals surface area (Å²) in [7, 11) is 0. The van der Waals surface area contributed by atoms with Gasteiger partial charge in [0.15, 0.2) is 0 Å². The van der Waals surface area contributed by atoms with Crippen LogP contribution in [0.25, 0.3) is 0 Å². The first-order valence-electron chi connectivity index (χ1n) is 17.5. The van der Waals surface area contributed by atoms with E-state index in [9.17, 15) is 45.8 Å². The highest BCUT2D eigenvalue weighted by Gasteiger charge is 2.44. The molecule has 0 radical (unpaired) electrons. The molecule has 50 heavy (non-hydrogen) atoms. The molecule has 5 rings (SSSR count). The van der Waals surface area contributed by atoms with Gasteiger partial charge < -0.3 is 14.7 Å². The Morgan fingerprint density at radius 2 is 1.40 bits per heavy atom. The number of halogens is 6. The molecule has 1 unspecified atom stereocenters. The minimum absolute atomic E-state index is 0.00789. The summed E-state index contributed by atoms with van der Waals surface area (Å²) in [6.45, 7) is -0.340. The fourth-order valence-corrected chi connectivity index (χ4v) is 8.00. The molecule has 1 saturated heterocycles. The minimum Gasteiger partial charge on any atom is -0.480 e. The van der Waals surface area contributed by atoms with Crippen molar-refractivity contribution in [2.45, 2.75) is 120 Å². The third kappa shape index (κ3) is 9.58. The van der Waals surface area contributed by atoms with Gasteiger partial charge in [0.25, 0.3) is 5.91 Å². The number of ether oxygens (including phenoxy) is 1. The van der Waals surface area contributed by atoms with E-state index < -0.39 is 65.0 Å². The molecule has 1 heterocycles. The molecule has 2 aromatic carbocycles.